The molecule has 1 aromatic carbocycles. The van der Waals surface area contributed by atoms with Crippen LogP contribution in [-0.4, -0.2) is 29.1 Å². The maximum Gasteiger partial charge on any atom is 0.337 e. The van der Waals surface area contributed by atoms with Crippen LogP contribution in [0.25, 0.3) is 0 Å². The fourth-order valence-corrected chi connectivity index (χ4v) is 2.57. The van der Waals surface area contributed by atoms with Crippen molar-refractivity contribution in [1.29, 1.82) is 0 Å². The van der Waals surface area contributed by atoms with Gasteiger partial charge in [-0.25, -0.2) is 9.78 Å². The molecule has 0 aliphatic rings. The summed E-state index contributed by atoms with van der Waals surface area (Å²) in [4.78, 5) is 27.7. The number of hydrogen-bond acceptors (Lipinski definition) is 4. The normalized spacial score (nSPS) is 11.9. The molecule has 25 heavy (non-hydrogen) atoms. The quantitative estimate of drug-likeness (QED) is 0.841. The Labute approximate surface area is 146 Å². The zero-order valence-corrected chi connectivity index (χ0v) is 14.7. The van der Waals surface area contributed by atoms with E-state index in [2.05, 4.69) is 10.3 Å². The van der Waals surface area contributed by atoms with Crippen LogP contribution >= 0.6 is 0 Å². The number of carbonyl (C=O) groups is 2. The predicted octanol–water partition coefficient (Wildman–Crippen LogP) is 3.22. The zero-order chi connectivity index (χ0) is 18.6. The standard InChI is InChI=1S/C19H22N2O4/c1-11(2)17(13-5-7-14(25-4)8-6-13)21-18(22)16-10-9-15(19(23)24)12(3)20-16/h5-11,17H,1-4H3,(H,21,22)(H,23,24). The van der Waals surface area contributed by atoms with Crippen molar-refractivity contribution >= 4 is 11.9 Å². The van der Waals surface area contributed by atoms with Crippen LogP contribution < -0.4 is 10.1 Å². The number of nitrogens with zero attached hydrogens (tertiary/aromatic N) is 1. The van der Waals surface area contributed by atoms with Crippen molar-refractivity contribution in [2.24, 2.45) is 5.92 Å². The Morgan fingerprint density at radius 3 is 2.24 bits per heavy atom. The number of pyridine rings is 1. The molecule has 2 aromatic rings. The Balaban J connectivity index is 2.22. The van der Waals surface area contributed by atoms with Gasteiger partial charge in [-0.1, -0.05) is 26.0 Å². The first-order valence-electron chi connectivity index (χ1n) is 7.99. The van der Waals surface area contributed by atoms with Gasteiger partial charge in [0.1, 0.15) is 11.4 Å². The molecule has 0 spiro atoms. The van der Waals surface area contributed by atoms with Crippen molar-refractivity contribution in [1.82, 2.24) is 10.3 Å². The lowest BCUT2D eigenvalue weighted by Gasteiger charge is -2.23. The third-order valence-electron chi connectivity index (χ3n) is 3.98. The van der Waals surface area contributed by atoms with E-state index < -0.39 is 5.97 Å². The van der Waals surface area contributed by atoms with Crippen LogP contribution in [0.2, 0.25) is 0 Å². The number of hydrogen-bond donors (Lipinski definition) is 2. The highest BCUT2D eigenvalue weighted by atomic mass is 16.5. The summed E-state index contributed by atoms with van der Waals surface area (Å²) in [6, 6.07) is 10.2. The molecule has 0 fully saturated rings. The predicted molar refractivity (Wildman–Crippen MR) is 94.0 cm³/mol. The number of aromatic carboxylic acids is 1. The summed E-state index contributed by atoms with van der Waals surface area (Å²) >= 11 is 0. The van der Waals surface area contributed by atoms with E-state index in [4.69, 9.17) is 9.84 Å². The molecular weight excluding hydrogens is 320 g/mol. The van der Waals surface area contributed by atoms with Gasteiger partial charge in [-0.3, -0.25) is 4.79 Å². The molecule has 132 valence electrons. The number of carbonyl (C=O) groups excluding carboxylic acids is 1. The van der Waals surface area contributed by atoms with Gasteiger partial charge in [-0.05, 0) is 42.7 Å². The van der Waals surface area contributed by atoms with Gasteiger partial charge in [-0.15, -0.1) is 0 Å². The molecule has 1 unspecified atom stereocenters. The van der Waals surface area contributed by atoms with Crippen molar-refractivity contribution < 1.29 is 19.4 Å². The van der Waals surface area contributed by atoms with E-state index >= 15 is 0 Å². The Morgan fingerprint density at radius 1 is 1.12 bits per heavy atom. The number of amides is 1. The fourth-order valence-electron chi connectivity index (χ4n) is 2.57. The lowest BCUT2D eigenvalue weighted by Crippen LogP contribution is -2.32. The minimum Gasteiger partial charge on any atom is -0.497 e. The zero-order valence-electron chi connectivity index (χ0n) is 14.7. The van der Waals surface area contributed by atoms with Crippen LogP contribution in [0.4, 0.5) is 0 Å². The van der Waals surface area contributed by atoms with Crippen LogP contribution in [0.5, 0.6) is 5.75 Å². The average molecular weight is 342 g/mol. The summed E-state index contributed by atoms with van der Waals surface area (Å²) in [7, 11) is 1.60. The topological polar surface area (TPSA) is 88.5 Å². The second-order valence-electron chi connectivity index (χ2n) is 6.10. The first-order chi connectivity index (χ1) is 11.8. The molecule has 6 nitrogen and oxygen atoms in total. The van der Waals surface area contributed by atoms with E-state index in [1.165, 1.54) is 12.1 Å². The van der Waals surface area contributed by atoms with E-state index in [0.29, 0.717) is 5.69 Å². The molecule has 1 aromatic heterocycles. The van der Waals surface area contributed by atoms with Gasteiger partial charge in [0.15, 0.2) is 0 Å². The minimum absolute atomic E-state index is 0.0899. The van der Waals surface area contributed by atoms with Crippen LogP contribution in [0.1, 0.15) is 52.0 Å². The maximum absolute atomic E-state index is 12.5. The molecule has 1 amide bonds. The molecule has 0 saturated carbocycles. The number of benzene rings is 1. The summed E-state index contributed by atoms with van der Waals surface area (Å²) in [6.07, 6.45) is 0. The molecule has 2 N–H and O–H groups in total. The van der Waals surface area contributed by atoms with Crippen molar-refractivity contribution in [3.8, 4) is 5.75 Å². The van der Waals surface area contributed by atoms with Gasteiger partial charge in [0.2, 0.25) is 0 Å². The lowest BCUT2D eigenvalue weighted by atomic mass is 9.95. The van der Waals surface area contributed by atoms with Gasteiger partial charge < -0.3 is 15.2 Å². The molecule has 1 heterocycles. The Morgan fingerprint density at radius 2 is 1.76 bits per heavy atom. The first kappa shape index (κ1) is 18.4. The minimum atomic E-state index is -1.06. The maximum atomic E-state index is 12.5. The van der Waals surface area contributed by atoms with Gasteiger partial charge in [0.25, 0.3) is 5.91 Å². The molecule has 0 aliphatic carbocycles. The summed E-state index contributed by atoms with van der Waals surface area (Å²) in [6.45, 7) is 5.60. The molecule has 1 atom stereocenters. The van der Waals surface area contributed by atoms with Gasteiger partial charge in [0, 0.05) is 0 Å². The van der Waals surface area contributed by atoms with E-state index in [0.717, 1.165) is 11.3 Å². The summed E-state index contributed by atoms with van der Waals surface area (Å²) in [5.41, 5.74) is 1.56. The molecule has 6 heteroatoms. The summed E-state index contributed by atoms with van der Waals surface area (Å²) < 4.78 is 5.16. The number of ether oxygens (including phenoxy) is 1. The van der Waals surface area contributed by atoms with Crippen LogP contribution in [-0.2, 0) is 0 Å². The number of methoxy groups -OCH3 is 1. The molecule has 0 bridgehead atoms. The number of aryl methyl sites for hydroxylation is 1. The van der Waals surface area contributed by atoms with Crippen molar-refractivity contribution in [3.63, 3.8) is 0 Å². The summed E-state index contributed by atoms with van der Waals surface area (Å²) in [5.74, 6) is -0.485. The van der Waals surface area contributed by atoms with E-state index in [1.807, 2.05) is 38.1 Å². The number of carboxylic acid groups (broad SMARTS) is 1. The molecule has 2 rings (SSSR count). The molecule has 0 radical (unpaired) electrons. The highest BCUT2D eigenvalue weighted by molar-refractivity contribution is 5.94. The average Bonchev–Trinajstić information content (AvgIpc) is 2.58. The highest BCUT2D eigenvalue weighted by Crippen LogP contribution is 2.24. The van der Waals surface area contributed by atoms with E-state index in [1.54, 1.807) is 14.0 Å². The Hall–Kier alpha value is -2.89. The second kappa shape index (κ2) is 7.79. The van der Waals surface area contributed by atoms with Crippen molar-refractivity contribution in [2.45, 2.75) is 26.8 Å². The van der Waals surface area contributed by atoms with Crippen molar-refractivity contribution in [2.75, 3.05) is 7.11 Å². The van der Waals surface area contributed by atoms with Gasteiger partial charge in [-0.2, -0.15) is 0 Å². The smallest absolute Gasteiger partial charge is 0.337 e. The fraction of sp³-hybridized carbons (Fsp3) is 0.316. The van der Waals surface area contributed by atoms with Crippen LogP contribution in [0, 0.1) is 12.8 Å². The van der Waals surface area contributed by atoms with Crippen LogP contribution in [0.3, 0.4) is 0 Å². The number of nitrogens with one attached hydrogen (secondary N) is 1. The largest absolute Gasteiger partial charge is 0.497 e. The van der Waals surface area contributed by atoms with E-state index in [9.17, 15) is 9.59 Å². The lowest BCUT2D eigenvalue weighted by molar-refractivity contribution is 0.0694. The third kappa shape index (κ3) is 4.35. The molecule has 0 saturated heterocycles. The Kier molecular flexibility index (Phi) is 5.75. The van der Waals surface area contributed by atoms with E-state index in [-0.39, 0.29) is 29.1 Å². The third-order valence-corrected chi connectivity index (χ3v) is 3.98. The number of rotatable bonds is 6. The van der Waals surface area contributed by atoms with Crippen molar-refractivity contribution in [3.05, 3.63) is 58.9 Å². The Bertz CT molecular complexity index is 769. The monoisotopic (exact) mass is 342 g/mol. The molecule has 0 aliphatic heterocycles. The van der Waals surface area contributed by atoms with Crippen LogP contribution in [0.15, 0.2) is 36.4 Å². The van der Waals surface area contributed by atoms with Gasteiger partial charge in [0.05, 0.1) is 24.4 Å². The molecular formula is C19H22N2O4. The first-order valence-corrected chi connectivity index (χ1v) is 7.99. The second-order valence-corrected chi connectivity index (χ2v) is 6.10. The highest BCUT2D eigenvalue weighted by Gasteiger charge is 2.21. The number of carboxylic acids is 1. The summed E-state index contributed by atoms with van der Waals surface area (Å²) in [5, 5.41) is 12.0. The SMILES string of the molecule is COc1ccc(C(NC(=O)c2ccc(C(=O)O)c(C)n2)C(C)C)cc1. The van der Waals surface area contributed by atoms with Gasteiger partial charge >= 0.3 is 5.97 Å². The number of aromatic nitrogens is 1.